The minimum atomic E-state index is -4.76. The second-order valence-electron chi connectivity index (χ2n) is 13.2. The zero-order valence-corrected chi connectivity index (χ0v) is 35.1. The third kappa shape index (κ3) is 37.7. The van der Waals surface area contributed by atoms with Gasteiger partial charge in [-0.3, -0.25) is 23.4 Å². The highest BCUT2D eigenvalue weighted by Gasteiger charge is 2.28. The fourth-order valence-corrected chi connectivity index (χ4v) is 5.46. The van der Waals surface area contributed by atoms with Gasteiger partial charge in [0.25, 0.3) is 0 Å². The molecule has 0 aromatic rings. The molecule has 0 saturated carbocycles. The lowest BCUT2D eigenvalue weighted by Crippen LogP contribution is -2.34. The summed E-state index contributed by atoms with van der Waals surface area (Å²) < 4.78 is 32.5. The summed E-state index contributed by atoms with van der Waals surface area (Å²) in [6.45, 7) is 2.42. The van der Waals surface area contributed by atoms with Crippen LogP contribution in [0.4, 0.5) is 0 Å². The SMILES string of the molecule is CC/C=C\C/C=C\C/C=C\C/C=C\CCCCC(=O)OC[C@H](COP(=O)(O)OC[C@H](N)C(=O)O)OC(=O)CCC/C=C\C/C=C\C/C=C\C=C\[C@@H](O)CCCCC. The Labute approximate surface area is 341 Å². The summed E-state index contributed by atoms with van der Waals surface area (Å²) in [6, 6.07) is -1.55. The van der Waals surface area contributed by atoms with Gasteiger partial charge in [-0.15, -0.1) is 0 Å². The number of hydrogen-bond acceptors (Lipinski definition) is 10. The smallest absolute Gasteiger partial charge is 0.472 e. The number of carboxylic acid groups (broad SMARTS) is 1. The number of carbonyl (C=O) groups excluding carboxylic acids is 2. The highest BCUT2D eigenvalue weighted by molar-refractivity contribution is 7.47. The number of phosphoric ester groups is 1. The van der Waals surface area contributed by atoms with Crippen LogP contribution in [0.15, 0.2) is 97.2 Å². The minimum Gasteiger partial charge on any atom is -0.480 e. The van der Waals surface area contributed by atoms with Crippen molar-refractivity contribution in [3.05, 3.63) is 97.2 Å². The van der Waals surface area contributed by atoms with Crippen LogP contribution in [0.25, 0.3) is 0 Å². The molecular formula is C44H70NO11P. The Hall–Kier alpha value is -3.64. The number of aliphatic hydroxyl groups is 1. The second kappa shape index (κ2) is 37.9. The molecule has 0 amide bonds. The fraction of sp³-hybridized carbons (Fsp3) is 0.568. The first-order valence-corrected chi connectivity index (χ1v) is 21.9. The van der Waals surface area contributed by atoms with E-state index in [0.717, 1.165) is 77.0 Å². The number of aliphatic hydroxyl groups excluding tert-OH is 1. The lowest BCUT2D eigenvalue weighted by Gasteiger charge is -2.20. The van der Waals surface area contributed by atoms with Crippen molar-refractivity contribution in [1.82, 2.24) is 0 Å². The van der Waals surface area contributed by atoms with E-state index in [1.807, 2.05) is 42.5 Å². The van der Waals surface area contributed by atoms with Crippen molar-refractivity contribution < 1.29 is 52.6 Å². The summed E-state index contributed by atoms with van der Waals surface area (Å²) in [4.78, 5) is 45.8. The number of esters is 2. The Balaban J connectivity index is 4.64. The molecule has 13 heteroatoms. The monoisotopic (exact) mass is 819 g/mol. The number of hydrogen-bond donors (Lipinski definition) is 4. The van der Waals surface area contributed by atoms with E-state index >= 15 is 0 Å². The molecule has 0 heterocycles. The Morgan fingerprint density at radius 1 is 0.649 bits per heavy atom. The van der Waals surface area contributed by atoms with Gasteiger partial charge < -0.3 is 30.3 Å². The number of phosphoric acid groups is 1. The number of nitrogens with two attached hydrogens (primary N) is 1. The molecule has 0 rings (SSSR count). The number of allylic oxidation sites excluding steroid dienone is 15. The van der Waals surface area contributed by atoms with Crippen LogP contribution >= 0.6 is 7.82 Å². The van der Waals surface area contributed by atoms with E-state index in [1.54, 1.807) is 6.08 Å². The van der Waals surface area contributed by atoms with Gasteiger partial charge in [-0.1, -0.05) is 130 Å². The summed E-state index contributed by atoms with van der Waals surface area (Å²) in [5.41, 5.74) is 5.31. The van der Waals surface area contributed by atoms with Gasteiger partial charge in [-0.05, 0) is 77.0 Å². The maximum absolute atomic E-state index is 12.6. The van der Waals surface area contributed by atoms with E-state index in [4.69, 9.17) is 24.8 Å². The van der Waals surface area contributed by atoms with E-state index in [2.05, 4.69) is 67.0 Å². The van der Waals surface area contributed by atoms with E-state index in [1.165, 1.54) is 0 Å². The zero-order valence-electron chi connectivity index (χ0n) is 34.2. The Morgan fingerprint density at radius 2 is 1.19 bits per heavy atom. The molecule has 0 spiro atoms. The number of carboxylic acids is 1. The van der Waals surface area contributed by atoms with Crippen LogP contribution in [0.5, 0.6) is 0 Å². The zero-order chi connectivity index (χ0) is 42.2. The first kappa shape index (κ1) is 53.4. The van der Waals surface area contributed by atoms with Gasteiger partial charge in [-0.2, -0.15) is 0 Å². The van der Waals surface area contributed by atoms with Crippen LogP contribution in [-0.2, 0) is 37.5 Å². The van der Waals surface area contributed by atoms with Gasteiger partial charge in [-0.25, -0.2) is 4.57 Å². The first-order chi connectivity index (χ1) is 27.5. The van der Waals surface area contributed by atoms with Gasteiger partial charge in [0.1, 0.15) is 12.6 Å². The van der Waals surface area contributed by atoms with Crippen molar-refractivity contribution in [3.63, 3.8) is 0 Å². The lowest BCUT2D eigenvalue weighted by atomic mass is 10.1. The molecule has 0 radical (unpaired) electrons. The van der Waals surface area contributed by atoms with Crippen LogP contribution in [0.1, 0.15) is 123 Å². The van der Waals surface area contributed by atoms with Crippen LogP contribution < -0.4 is 5.73 Å². The maximum Gasteiger partial charge on any atom is 0.472 e. The van der Waals surface area contributed by atoms with Gasteiger partial charge >= 0.3 is 25.7 Å². The lowest BCUT2D eigenvalue weighted by molar-refractivity contribution is -0.161. The first-order valence-electron chi connectivity index (χ1n) is 20.4. The molecule has 0 bridgehead atoms. The maximum atomic E-state index is 12.6. The van der Waals surface area contributed by atoms with Crippen molar-refractivity contribution in [2.24, 2.45) is 5.73 Å². The second-order valence-corrected chi connectivity index (χ2v) is 14.7. The molecule has 322 valence electrons. The summed E-state index contributed by atoms with van der Waals surface area (Å²) in [5, 5.41) is 18.8. The Bertz CT molecular complexity index is 1350. The topological polar surface area (TPSA) is 192 Å². The predicted octanol–water partition coefficient (Wildman–Crippen LogP) is 9.47. The molecule has 4 atom stereocenters. The molecule has 0 saturated heterocycles. The molecule has 0 aromatic heterocycles. The van der Waals surface area contributed by atoms with Crippen molar-refractivity contribution in [1.29, 1.82) is 0 Å². The number of rotatable bonds is 36. The Kier molecular flexibility index (Phi) is 35.5. The normalized spacial score (nSPS) is 15.3. The van der Waals surface area contributed by atoms with Gasteiger partial charge in [0, 0.05) is 12.8 Å². The van der Waals surface area contributed by atoms with Crippen LogP contribution in [0, 0.1) is 0 Å². The van der Waals surface area contributed by atoms with E-state index in [-0.39, 0.29) is 12.8 Å². The predicted molar refractivity (Wildman–Crippen MR) is 227 cm³/mol. The highest BCUT2D eigenvalue weighted by atomic mass is 31.2. The molecule has 0 aliphatic rings. The van der Waals surface area contributed by atoms with Crippen molar-refractivity contribution in [2.75, 3.05) is 19.8 Å². The third-order valence-electron chi connectivity index (χ3n) is 7.92. The number of ether oxygens (including phenoxy) is 2. The fourth-order valence-electron chi connectivity index (χ4n) is 4.69. The quantitative estimate of drug-likeness (QED) is 0.0154. The average molecular weight is 820 g/mol. The molecule has 1 unspecified atom stereocenters. The number of carbonyl (C=O) groups is 3. The molecule has 0 fully saturated rings. The summed E-state index contributed by atoms with van der Waals surface area (Å²) in [5.74, 6) is -2.56. The van der Waals surface area contributed by atoms with E-state index < -0.39 is 63.8 Å². The van der Waals surface area contributed by atoms with Crippen molar-refractivity contribution in [2.45, 2.75) is 141 Å². The Morgan fingerprint density at radius 3 is 1.79 bits per heavy atom. The third-order valence-corrected chi connectivity index (χ3v) is 8.87. The molecule has 57 heavy (non-hydrogen) atoms. The summed E-state index contributed by atoms with van der Waals surface area (Å²) >= 11 is 0. The highest BCUT2D eigenvalue weighted by Crippen LogP contribution is 2.43. The average Bonchev–Trinajstić information content (AvgIpc) is 3.18. The molecular weight excluding hydrogens is 749 g/mol. The number of unbranched alkanes of at least 4 members (excludes halogenated alkanes) is 5. The van der Waals surface area contributed by atoms with Gasteiger partial charge in [0.2, 0.25) is 0 Å². The van der Waals surface area contributed by atoms with Crippen LogP contribution in [0.2, 0.25) is 0 Å². The molecule has 0 aliphatic carbocycles. The molecule has 0 aromatic carbocycles. The minimum absolute atomic E-state index is 0.0499. The van der Waals surface area contributed by atoms with Crippen LogP contribution in [-0.4, -0.2) is 71.1 Å². The largest absolute Gasteiger partial charge is 0.480 e. The standard InChI is InChI=1S/C44H70NO11P/c1-3-5-7-8-9-10-11-12-13-14-17-20-23-26-30-34-42(47)53-36-40(37-54-57(51,52)55-38-41(45)44(49)50)56-43(48)35-31-27-24-21-18-15-16-19-22-25-29-33-39(46)32-28-6-4-2/h5,7,9-10,12-13,15-17,20-22,24-25,29,33,39-41,46H,3-4,6,8,11,14,18-19,23,26-28,30-32,34-38,45H2,1-2H3,(H,49,50)(H,51,52)/b7-5-,10-9-,13-12-,16-15-,20-17-,24-21-,25-22-,33-29+/t39-,40+,41-/m0/s1. The molecule has 12 nitrogen and oxygen atoms in total. The van der Waals surface area contributed by atoms with E-state index in [0.29, 0.717) is 19.3 Å². The van der Waals surface area contributed by atoms with Crippen LogP contribution in [0.3, 0.4) is 0 Å². The van der Waals surface area contributed by atoms with E-state index in [9.17, 15) is 28.9 Å². The summed E-state index contributed by atoms with van der Waals surface area (Å²) in [6.07, 6.45) is 43.8. The van der Waals surface area contributed by atoms with Crippen molar-refractivity contribution in [3.8, 4) is 0 Å². The molecule has 5 N–H and O–H groups in total. The number of aliphatic carboxylic acids is 1. The molecule has 0 aliphatic heterocycles. The van der Waals surface area contributed by atoms with Crippen molar-refractivity contribution >= 4 is 25.7 Å². The van der Waals surface area contributed by atoms with Gasteiger partial charge in [0.15, 0.2) is 6.10 Å². The summed E-state index contributed by atoms with van der Waals surface area (Å²) in [7, 11) is -4.76. The van der Waals surface area contributed by atoms with Gasteiger partial charge in [0.05, 0.1) is 19.3 Å².